The van der Waals surface area contributed by atoms with Crippen LogP contribution in [-0.2, 0) is 14.6 Å². The van der Waals surface area contributed by atoms with Crippen molar-refractivity contribution < 1.29 is 13.2 Å². The number of nitrogens with one attached hydrogen (secondary N) is 1. The van der Waals surface area contributed by atoms with E-state index < -0.39 is 15.9 Å². The summed E-state index contributed by atoms with van der Waals surface area (Å²) in [5.74, 6) is -0.326. The van der Waals surface area contributed by atoms with Crippen molar-refractivity contribution in [2.45, 2.75) is 25.8 Å². The van der Waals surface area contributed by atoms with Crippen molar-refractivity contribution in [1.29, 1.82) is 0 Å². The summed E-state index contributed by atoms with van der Waals surface area (Å²) in [6, 6.07) is -0.528. The van der Waals surface area contributed by atoms with Gasteiger partial charge in [0, 0.05) is 12.8 Å². The maximum absolute atomic E-state index is 11.2. The third-order valence-corrected chi connectivity index (χ3v) is 2.65. The standard InChI is InChI=1S/C8H18N2O3S/c1-3-4-7(9)8(11)10-5-6-14(2,12)13/h7H,3-6,9H2,1-2H3,(H,10,11)/t7-/m1/s1. The Bertz CT molecular complexity index is 274. The predicted molar refractivity (Wildman–Crippen MR) is 55.6 cm³/mol. The largest absolute Gasteiger partial charge is 0.354 e. The smallest absolute Gasteiger partial charge is 0.236 e. The fourth-order valence-electron chi connectivity index (χ4n) is 0.933. The van der Waals surface area contributed by atoms with Crippen LogP contribution in [-0.4, -0.2) is 38.9 Å². The van der Waals surface area contributed by atoms with E-state index in [9.17, 15) is 13.2 Å². The molecule has 0 rings (SSSR count). The number of carbonyl (C=O) groups excluding carboxylic acids is 1. The number of rotatable bonds is 6. The Balaban J connectivity index is 3.75. The van der Waals surface area contributed by atoms with Gasteiger partial charge < -0.3 is 11.1 Å². The first-order valence-electron chi connectivity index (χ1n) is 4.58. The molecule has 0 aliphatic carbocycles. The maximum atomic E-state index is 11.2. The first-order valence-corrected chi connectivity index (χ1v) is 6.64. The van der Waals surface area contributed by atoms with Gasteiger partial charge in [-0.15, -0.1) is 0 Å². The fourth-order valence-corrected chi connectivity index (χ4v) is 1.41. The molecule has 0 fully saturated rings. The Morgan fingerprint density at radius 2 is 2.07 bits per heavy atom. The fraction of sp³-hybridized carbons (Fsp3) is 0.875. The Hall–Kier alpha value is -0.620. The van der Waals surface area contributed by atoms with Gasteiger partial charge in [0.2, 0.25) is 5.91 Å². The van der Waals surface area contributed by atoms with Gasteiger partial charge in [0.1, 0.15) is 9.84 Å². The van der Waals surface area contributed by atoms with E-state index >= 15 is 0 Å². The van der Waals surface area contributed by atoms with Gasteiger partial charge in [-0.2, -0.15) is 0 Å². The third kappa shape index (κ3) is 6.85. The van der Waals surface area contributed by atoms with Gasteiger partial charge in [-0.05, 0) is 6.42 Å². The van der Waals surface area contributed by atoms with Crippen LogP contribution in [0.2, 0.25) is 0 Å². The molecule has 0 heterocycles. The molecule has 0 aromatic heterocycles. The van der Waals surface area contributed by atoms with Crippen molar-refractivity contribution in [3.63, 3.8) is 0 Å². The zero-order valence-corrected chi connectivity index (χ0v) is 9.43. The van der Waals surface area contributed by atoms with Crippen molar-refractivity contribution >= 4 is 15.7 Å². The first kappa shape index (κ1) is 13.4. The number of nitrogens with two attached hydrogens (primary N) is 1. The molecule has 0 aromatic rings. The minimum atomic E-state index is -3.01. The SMILES string of the molecule is CCC[C@@H](N)C(=O)NCCS(C)(=O)=O. The van der Waals surface area contributed by atoms with Gasteiger partial charge >= 0.3 is 0 Å². The summed E-state index contributed by atoms with van der Waals surface area (Å²) in [5.41, 5.74) is 5.52. The van der Waals surface area contributed by atoms with Crippen molar-refractivity contribution in [2.24, 2.45) is 5.73 Å². The lowest BCUT2D eigenvalue weighted by Crippen LogP contribution is -2.42. The molecule has 0 bridgehead atoms. The van der Waals surface area contributed by atoms with Crippen LogP contribution in [0.4, 0.5) is 0 Å². The van der Waals surface area contributed by atoms with Crippen LogP contribution >= 0.6 is 0 Å². The zero-order valence-electron chi connectivity index (χ0n) is 8.62. The lowest BCUT2D eigenvalue weighted by Gasteiger charge is -2.10. The van der Waals surface area contributed by atoms with Crippen LogP contribution in [0.15, 0.2) is 0 Å². The van der Waals surface area contributed by atoms with E-state index in [2.05, 4.69) is 5.32 Å². The molecule has 0 aliphatic rings. The van der Waals surface area contributed by atoms with Gasteiger partial charge in [-0.25, -0.2) is 8.42 Å². The second-order valence-corrected chi connectivity index (χ2v) is 5.58. The summed E-state index contributed by atoms with van der Waals surface area (Å²) in [7, 11) is -3.01. The summed E-state index contributed by atoms with van der Waals surface area (Å²) in [6.07, 6.45) is 2.58. The summed E-state index contributed by atoms with van der Waals surface area (Å²) in [4.78, 5) is 11.2. The van der Waals surface area contributed by atoms with Crippen LogP contribution in [0.25, 0.3) is 0 Å². The van der Waals surface area contributed by atoms with Crippen molar-refractivity contribution in [3.8, 4) is 0 Å². The molecule has 0 spiro atoms. The van der Waals surface area contributed by atoms with Gasteiger partial charge in [0.25, 0.3) is 0 Å². The summed E-state index contributed by atoms with van der Waals surface area (Å²) < 4.78 is 21.5. The highest BCUT2D eigenvalue weighted by molar-refractivity contribution is 7.90. The monoisotopic (exact) mass is 222 g/mol. The van der Waals surface area contributed by atoms with Gasteiger partial charge in [0.05, 0.1) is 11.8 Å². The molecule has 3 N–H and O–H groups in total. The first-order chi connectivity index (χ1) is 6.37. The van der Waals surface area contributed by atoms with E-state index in [1.165, 1.54) is 0 Å². The zero-order chi connectivity index (χ0) is 11.2. The highest BCUT2D eigenvalue weighted by atomic mass is 32.2. The maximum Gasteiger partial charge on any atom is 0.236 e. The molecule has 0 aromatic carbocycles. The molecule has 5 nitrogen and oxygen atoms in total. The van der Waals surface area contributed by atoms with E-state index in [-0.39, 0.29) is 18.2 Å². The van der Waals surface area contributed by atoms with Crippen LogP contribution in [0.1, 0.15) is 19.8 Å². The predicted octanol–water partition coefficient (Wildman–Crippen LogP) is -0.725. The quantitative estimate of drug-likeness (QED) is 0.620. The molecule has 0 aliphatic heterocycles. The lowest BCUT2D eigenvalue weighted by atomic mass is 10.2. The van der Waals surface area contributed by atoms with Gasteiger partial charge in [-0.1, -0.05) is 13.3 Å². The molecule has 6 heteroatoms. The molecule has 0 saturated carbocycles. The highest BCUT2D eigenvalue weighted by Crippen LogP contribution is 1.92. The number of carbonyl (C=O) groups is 1. The van der Waals surface area contributed by atoms with Crippen molar-refractivity contribution in [2.75, 3.05) is 18.6 Å². The van der Waals surface area contributed by atoms with Crippen LogP contribution in [0, 0.1) is 0 Å². The molecule has 84 valence electrons. The number of amides is 1. The van der Waals surface area contributed by atoms with E-state index in [0.717, 1.165) is 12.7 Å². The Kier molecular flexibility index (Phi) is 5.71. The minimum Gasteiger partial charge on any atom is -0.354 e. The Morgan fingerprint density at radius 1 is 1.50 bits per heavy atom. The summed E-state index contributed by atoms with van der Waals surface area (Å²) in [6.45, 7) is 2.07. The van der Waals surface area contributed by atoms with E-state index in [1.807, 2.05) is 6.92 Å². The number of hydrogen-bond donors (Lipinski definition) is 2. The van der Waals surface area contributed by atoms with Crippen LogP contribution in [0.3, 0.4) is 0 Å². The van der Waals surface area contributed by atoms with Crippen molar-refractivity contribution in [1.82, 2.24) is 5.32 Å². The topological polar surface area (TPSA) is 89.3 Å². The van der Waals surface area contributed by atoms with Crippen LogP contribution < -0.4 is 11.1 Å². The van der Waals surface area contributed by atoms with E-state index in [1.54, 1.807) is 0 Å². The third-order valence-electron chi connectivity index (χ3n) is 1.71. The number of sulfone groups is 1. The average Bonchev–Trinajstić information content (AvgIpc) is 2.02. The molecular weight excluding hydrogens is 204 g/mol. The van der Waals surface area contributed by atoms with Gasteiger partial charge in [-0.3, -0.25) is 4.79 Å². The van der Waals surface area contributed by atoms with E-state index in [4.69, 9.17) is 5.73 Å². The molecule has 0 saturated heterocycles. The van der Waals surface area contributed by atoms with Gasteiger partial charge in [0.15, 0.2) is 0 Å². The minimum absolute atomic E-state index is 0.0441. The molecule has 0 radical (unpaired) electrons. The van der Waals surface area contributed by atoms with Crippen LogP contribution in [0.5, 0.6) is 0 Å². The molecular formula is C8H18N2O3S. The Morgan fingerprint density at radius 3 is 2.50 bits per heavy atom. The second-order valence-electron chi connectivity index (χ2n) is 3.32. The summed E-state index contributed by atoms with van der Waals surface area (Å²) in [5, 5.41) is 2.48. The summed E-state index contributed by atoms with van der Waals surface area (Å²) >= 11 is 0. The molecule has 0 unspecified atom stereocenters. The molecule has 14 heavy (non-hydrogen) atoms. The normalized spacial score (nSPS) is 13.6. The highest BCUT2D eigenvalue weighted by Gasteiger charge is 2.12. The second kappa shape index (κ2) is 5.98. The van der Waals surface area contributed by atoms with Crippen molar-refractivity contribution in [3.05, 3.63) is 0 Å². The van der Waals surface area contributed by atoms with E-state index in [0.29, 0.717) is 6.42 Å². The average molecular weight is 222 g/mol. The Labute approximate surface area is 85.0 Å². The lowest BCUT2D eigenvalue weighted by molar-refractivity contribution is -0.122. The molecule has 1 amide bonds. The molecule has 1 atom stereocenters. The number of hydrogen-bond acceptors (Lipinski definition) is 4.